The SMILES string of the molecule is Cc1nc2c(F)c(-c3cccc(Cl)c3Cl)c(CCC#N)cc2c2c1cc([C@@H](C)N1CCCN(c3ccccc3)C1=O)n2[C@H]1[C@H]2CN[C@@H]1C2. The van der Waals surface area contributed by atoms with Crippen molar-refractivity contribution in [3.05, 3.63) is 93.5 Å². The van der Waals surface area contributed by atoms with Gasteiger partial charge >= 0.3 is 6.03 Å². The van der Waals surface area contributed by atoms with Gasteiger partial charge in [0.15, 0.2) is 5.82 Å². The van der Waals surface area contributed by atoms with Crippen LogP contribution in [-0.4, -0.2) is 46.2 Å². The fourth-order valence-electron chi connectivity index (χ4n) is 8.28. The minimum atomic E-state index is -0.476. The Labute approximate surface area is 288 Å². The monoisotopic (exact) mass is 680 g/mol. The van der Waals surface area contributed by atoms with Crippen LogP contribution in [0.1, 0.15) is 55.2 Å². The second kappa shape index (κ2) is 12.1. The number of fused-ring (bicyclic) bond motifs is 4. The first kappa shape index (κ1) is 31.1. The molecule has 5 aromatic rings. The van der Waals surface area contributed by atoms with E-state index >= 15 is 4.39 Å². The average Bonchev–Trinajstić information content (AvgIpc) is 3.83. The van der Waals surface area contributed by atoms with Crippen LogP contribution in [-0.2, 0) is 6.42 Å². The minimum Gasteiger partial charge on any atom is -0.337 e. The number of benzene rings is 3. The van der Waals surface area contributed by atoms with Gasteiger partial charge in [-0.05, 0) is 74.9 Å². The first-order valence-electron chi connectivity index (χ1n) is 16.6. The van der Waals surface area contributed by atoms with Crippen LogP contribution in [0.2, 0.25) is 10.0 Å². The number of hydrogen-bond acceptors (Lipinski definition) is 4. The molecule has 244 valence electrons. The summed E-state index contributed by atoms with van der Waals surface area (Å²) in [7, 11) is 0. The van der Waals surface area contributed by atoms with Crippen LogP contribution in [0, 0.1) is 30.0 Å². The predicted molar refractivity (Wildman–Crippen MR) is 189 cm³/mol. The van der Waals surface area contributed by atoms with Crippen molar-refractivity contribution in [1.82, 2.24) is 19.8 Å². The van der Waals surface area contributed by atoms with Crippen molar-refractivity contribution in [2.45, 2.75) is 57.7 Å². The number of urea groups is 1. The van der Waals surface area contributed by atoms with Crippen molar-refractivity contribution < 1.29 is 9.18 Å². The number of aryl methyl sites for hydroxylation is 2. The highest BCUT2D eigenvalue weighted by Gasteiger charge is 2.49. The lowest BCUT2D eigenvalue weighted by atomic mass is 9.79. The van der Waals surface area contributed by atoms with E-state index in [0.29, 0.717) is 64.3 Å². The zero-order valence-electron chi connectivity index (χ0n) is 26.8. The number of nitrogens with zero attached hydrogens (tertiary/aromatic N) is 5. The number of nitriles is 1. The van der Waals surface area contributed by atoms with Gasteiger partial charge < -0.3 is 14.8 Å². The van der Waals surface area contributed by atoms with Gasteiger partial charge in [-0.3, -0.25) is 4.90 Å². The molecular formula is C38H35Cl2FN6O. The molecular weight excluding hydrogens is 646 g/mol. The van der Waals surface area contributed by atoms with Crippen molar-refractivity contribution in [3.63, 3.8) is 0 Å². The summed E-state index contributed by atoms with van der Waals surface area (Å²) >= 11 is 13.1. The molecule has 2 amide bonds. The highest BCUT2D eigenvalue weighted by atomic mass is 35.5. The fraction of sp³-hybridized carbons (Fsp3) is 0.342. The third-order valence-corrected chi connectivity index (χ3v) is 11.5. The zero-order chi connectivity index (χ0) is 33.3. The number of nitrogens with one attached hydrogen (secondary N) is 1. The molecule has 1 aliphatic carbocycles. The lowest BCUT2D eigenvalue weighted by molar-refractivity contribution is 0.165. The van der Waals surface area contributed by atoms with Crippen LogP contribution in [0.4, 0.5) is 14.9 Å². The third-order valence-electron chi connectivity index (χ3n) is 10.7. The van der Waals surface area contributed by atoms with Gasteiger partial charge in [0, 0.05) is 71.1 Å². The van der Waals surface area contributed by atoms with E-state index in [-0.39, 0.29) is 35.1 Å². The molecule has 0 radical (unpaired) electrons. The van der Waals surface area contributed by atoms with Crippen molar-refractivity contribution in [2.75, 3.05) is 24.5 Å². The quantitative estimate of drug-likeness (QED) is 0.186. The van der Waals surface area contributed by atoms with Gasteiger partial charge in [-0.15, -0.1) is 0 Å². The maximum atomic E-state index is 17.0. The number of aromatic nitrogens is 2. The Hall–Kier alpha value is -4.16. The van der Waals surface area contributed by atoms with Crippen molar-refractivity contribution in [2.24, 2.45) is 5.92 Å². The number of rotatable bonds is 7. The molecule has 9 rings (SSSR count). The highest BCUT2D eigenvalue weighted by Crippen LogP contribution is 2.50. The van der Waals surface area contributed by atoms with E-state index in [1.165, 1.54) is 0 Å². The number of hydrogen-bond donors (Lipinski definition) is 1. The predicted octanol–water partition coefficient (Wildman–Crippen LogP) is 8.99. The molecule has 4 fully saturated rings. The Balaban J connectivity index is 1.35. The lowest BCUT2D eigenvalue weighted by Crippen LogP contribution is -2.51. The number of amides is 2. The van der Waals surface area contributed by atoms with Crippen LogP contribution >= 0.6 is 23.2 Å². The zero-order valence-corrected chi connectivity index (χ0v) is 28.3. The van der Waals surface area contributed by atoms with Gasteiger partial charge in [0.1, 0.15) is 5.52 Å². The van der Waals surface area contributed by atoms with E-state index in [1.807, 2.05) is 53.1 Å². The summed E-state index contributed by atoms with van der Waals surface area (Å²) < 4.78 is 19.4. The number of carbonyl (C=O) groups is 1. The van der Waals surface area contributed by atoms with Gasteiger partial charge in [0.05, 0.1) is 33.7 Å². The van der Waals surface area contributed by atoms with Gasteiger partial charge in [-0.2, -0.15) is 5.26 Å². The van der Waals surface area contributed by atoms with E-state index in [1.54, 1.807) is 18.2 Å². The van der Waals surface area contributed by atoms with Crippen LogP contribution < -0.4 is 10.2 Å². The molecule has 3 saturated heterocycles. The molecule has 0 unspecified atom stereocenters. The Kier molecular flexibility index (Phi) is 7.82. The molecule has 3 aromatic carbocycles. The first-order chi connectivity index (χ1) is 23.3. The second-order valence-corrected chi connectivity index (χ2v) is 14.1. The van der Waals surface area contributed by atoms with Gasteiger partial charge in [0.25, 0.3) is 0 Å². The maximum absolute atomic E-state index is 17.0. The smallest absolute Gasteiger partial charge is 0.325 e. The molecule has 1 saturated carbocycles. The molecule has 48 heavy (non-hydrogen) atoms. The number of anilines is 1. The van der Waals surface area contributed by atoms with Crippen LogP contribution in [0.3, 0.4) is 0 Å². The summed E-state index contributed by atoms with van der Waals surface area (Å²) in [4.78, 5) is 22.8. The van der Waals surface area contributed by atoms with Crippen LogP contribution in [0.5, 0.6) is 0 Å². The molecule has 4 aliphatic rings. The molecule has 4 atom stereocenters. The van der Waals surface area contributed by atoms with Gasteiger partial charge in [0.2, 0.25) is 0 Å². The van der Waals surface area contributed by atoms with Crippen molar-refractivity contribution in [3.8, 4) is 17.2 Å². The largest absolute Gasteiger partial charge is 0.337 e. The van der Waals surface area contributed by atoms with E-state index < -0.39 is 5.82 Å². The summed E-state index contributed by atoms with van der Waals surface area (Å²) in [6, 6.07) is 21.6. The summed E-state index contributed by atoms with van der Waals surface area (Å²) in [5, 5.41) is 15.5. The highest BCUT2D eigenvalue weighted by molar-refractivity contribution is 6.43. The Morgan fingerprint density at radius 3 is 2.65 bits per heavy atom. The maximum Gasteiger partial charge on any atom is 0.325 e. The number of pyridine rings is 1. The van der Waals surface area contributed by atoms with E-state index in [2.05, 4.69) is 28.9 Å². The molecule has 2 bridgehead atoms. The standard InChI is InChI=1S/C38H35Cl2FN6O/c1-21-27-19-31(22(2)45-15-8-16-46(38(45)48)25-10-4-3-5-11-25)47(36-24-18-30(36)43-20-24)37(27)28-17-23(9-7-14-42)32(34(41)35(28)44-21)26-12-6-13-29(39)33(26)40/h3-6,10-13,17,19,22,24,30,36,43H,7-9,15-16,18,20H2,1-2H3/t22-,24-,30-,36+/m1/s1. The van der Waals surface area contributed by atoms with Gasteiger partial charge in [-0.25, -0.2) is 14.2 Å². The van der Waals surface area contributed by atoms with E-state index in [4.69, 9.17) is 28.2 Å². The Bertz CT molecular complexity index is 2130. The average molecular weight is 682 g/mol. The topological polar surface area (TPSA) is 77.2 Å². The van der Waals surface area contributed by atoms with E-state index in [0.717, 1.165) is 41.7 Å². The minimum absolute atomic E-state index is 0.0148. The molecule has 0 spiro atoms. The molecule has 3 aliphatic heterocycles. The molecule has 2 aromatic heterocycles. The number of carbonyl (C=O) groups excluding carboxylic acids is 1. The number of halogens is 3. The Morgan fingerprint density at radius 1 is 1.10 bits per heavy atom. The molecule has 1 N–H and O–H groups in total. The van der Waals surface area contributed by atoms with Crippen LogP contribution in [0.15, 0.2) is 60.7 Å². The van der Waals surface area contributed by atoms with Crippen LogP contribution in [0.25, 0.3) is 32.9 Å². The van der Waals surface area contributed by atoms with Gasteiger partial charge in [-0.1, -0.05) is 53.5 Å². The molecule has 5 heterocycles. The third kappa shape index (κ3) is 4.78. The molecule has 10 heteroatoms. The van der Waals surface area contributed by atoms with E-state index in [9.17, 15) is 10.1 Å². The fourth-order valence-corrected chi connectivity index (χ4v) is 8.67. The summed E-state index contributed by atoms with van der Waals surface area (Å²) in [6.07, 6.45) is 2.50. The summed E-state index contributed by atoms with van der Waals surface area (Å²) in [5.41, 5.74) is 5.30. The molecule has 7 nitrogen and oxygen atoms in total. The summed E-state index contributed by atoms with van der Waals surface area (Å²) in [5.74, 6) is -0.0400. The second-order valence-electron chi connectivity index (χ2n) is 13.3. The normalized spacial score (nSPS) is 21.2. The number of para-hydroxylation sites is 1. The summed E-state index contributed by atoms with van der Waals surface area (Å²) in [6.45, 7) is 6.27. The first-order valence-corrected chi connectivity index (χ1v) is 17.4. The van der Waals surface area contributed by atoms with Crippen molar-refractivity contribution in [1.29, 1.82) is 5.26 Å². The van der Waals surface area contributed by atoms with Crippen molar-refractivity contribution >= 4 is 56.7 Å². The Morgan fingerprint density at radius 2 is 1.92 bits per heavy atom. The lowest BCUT2D eigenvalue weighted by Gasteiger charge is -2.42.